The highest BCUT2D eigenvalue weighted by molar-refractivity contribution is 6.04. The Hall–Kier alpha value is -8.08. The van der Waals surface area contributed by atoms with Gasteiger partial charge in [-0.15, -0.1) is 0 Å². The van der Waals surface area contributed by atoms with Gasteiger partial charge in [0.2, 0.25) is 5.78 Å². The predicted molar refractivity (Wildman–Crippen MR) is 300 cm³/mol. The summed E-state index contributed by atoms with van der Waals surface area (Å²) in [5, 5.41) is 1.13. The van der Waals surface area contributed by atoms with Crippen LogP contribution >= 0.6 is 0 Å². The van der Waals surface area contributed by atoms with Crippen molar-refractivity contribution in [2.75, 3.05) is 0 Å². The molecule has 0 N–H and O–H groups in total. The number of imidazole rings is 2. The van der Waals surface area contributed by atoms with Crippen LogP contribution in [0.4, 0.5) is 0 Å². The molecule has 3 spiro atoms. The molecule has 74 heavy (non-hydrogen) atoms. The Balaban J connectivity index is 0.963. The highest BCUT2D eigenvalue weighted by Crippen LogP contribution is 2.78. The van der Waals surface area contributed by atoms with Crippen LogP contribution in [0.3, 0.4) is 0 Å². The fraction of sp³-hybridized carbons (Fsp3) is 0.200. The van der Waals surface area contributed by atoms with Crippen LogP contribution in [0.1, 0.15) is 96.1 Å². The third kappa shape index (κ3) is 4.83. The second kappa shape index (κ2) is 14.1. The summed E-state index contributed by atoms with van der Waals surface area (Å²) in [6, 6.07) is 80.4. The van der Waals surface area contributed by atoms with E-state index in [2.05, 4.69) is 215 Å². The van der Waals surface area contributed by atoms with E-state index in [0.717, 1.165) is 63.7 Å². The molecule has 4 heteroatoms. The number of para-hydroxylation sites is 4. The molecule has 6 aliphatic carbocycles. The van der Waals surface area contributed by atoms with Crippen LogP contribution in [0.15, 0.2) is 206 Å². The molecule has 4 nitrogen and oxygen atoms in total. The smallest absolute Gasteiger partial charge is 0.221 e. The lowest BCUT2D eigenvalue weighted by molar-refractivity contribution is -0.0466. The number of fused-ring (bicyclic) bond motifs is 24. The quantitative estimate of drug-likeness (QED) is 0.164. The van der Waals surface area contributed by atoms with E-state index in [0.29, 0.717) is 23.7 Å². The fourth-order valence-corrected chi connectivity index (χ4v) is 18.3. The van der Waals surface area contributed by atoms with Gasteiger partial charge in [0.05, 0.1) is 27.6 Å². The molecule has 7 unspecified atom stereocenters. The highest BCUT2D eigenvalue weighted by Gasteiger charge is 2.72. The lowest BCUT2D eigenvalue weighted by Crippen LogP contribution is -2.65. The highest BCUT2D eigenvalue weighted by atomic mass is 15.2. The van der Waals surface area contributed by atoms with Crippen LogP contribution in [-0.2, 0) is 16.2 Å². The molecular weight excluding hydrogens is 897 g/mol. The first-order valence-corrected chi connectivity index (χ1v) is 27.3. The Bertz CT molecular complexity index is 4440. The lowest BCUT2D eigenvalue weighted by Gasteiger charge is -2.69. The van der Waals surface area contributed by atoms with Gasteiger partial charge < -0.3 is 0 Å². The summed E-state index contributed by atoms with van der Waals surface area (Å²) in [5.74, 6) is 2.49. The van der Waals surface area contributed by atoms with Crippen LogP contribution in [0.25, 0.3) is 88.9 Å². The van der Waals surface area contributed by atoms with Crippen LogP contribution < -0.4 is 0 Å². The van der Waals surface area contributed by atoms with E-state index >= 15 is 0 Å². The van der Waals surface area contributed by atoms with E-state index in [1.54, 1.807) is 27.8 Å². The lowest BCUT2D eigenvalue weighted by atomic mass is 9.34. The van der Waals surface area contributed by atoms with E-state index in [4.69, 9.17) is 9.97 Å². The minimum Gasteiger partial charge on any atom is -0.277 e. The van der Waals surface area contributed by atoms with Crippen molar-refractivity contribution in [3.63, 3.8) is 0 Å². The Kier molecular flexibility index (Phi) is 7.73. The van der Waals surface area contributed by atoms with Crippen molar-refractivity contribution in [1.82, 2.24) is 18.8 Å². The average molecular weight is 949 g/mol. The second-order valence-electron chi connectivity index (χ2n) is 23.2. The van der Waals surface area contributed by atoms with Crippen LogP contribution in [0, 0.1) is 5.92 Å². The molecule has 12 aromatic rings. The summed E-state index contributed by atoms with van der Waals surface area (Å²) in [7, 11) is 0. The van der Waals surface area contributed by atoms with Crippen LogP contribution in [0.2, 0.25) is 0 Å². The number of aromatic nitrogens is 4. The Labute approximate surface area is 430 Å². The average Bonchev–Trinajstić information content (AvgIpc) is 3.99. The second-order valence-corrected chi connectivity index (χ2v) is 23.2. The Morgan fingerprint density at radius 3 is 1.80 bits per heavy atom. The SMILES string of the molecule is c1ccc2c(c1)-c1ccccc1C13CC2CCC24c5ccccc5-c5ccccc5C2CCC2(CC(C1)c1ccccc1-c1c(-c5ccc6c(c5)c5nc7ccccc7n5c5nc7ccccc7n65)cccc12)C34. The van der Waals surface area contributed by atoms with E-state index in [1.807, 2.05) is 0 Å². The van der Waals surface area contributed by atoms with Gasteiger partial charge in [0.15, 0.2) is 0 Å². The molecule has 3 saturated carbocycles. The number of rotatable bonds is 1. The van der Waals surface area contributed by atoms with Gasteiger partial charge in [-0.05, 0) is 183 Å². The van der Waals surface area contributed by atoms with E-state index in [-0.39, 0.29) is 16.2 Å². The van der Waals surface area contributed by atoms with E-state index in [9.17, 15) is 0 Å². The van der Waals surface area contributed by atoms with Gasteiger partial charge in [0.1, 0.15) is 5.65 Å². The maximum Gasteiger partial charge on any atom is 0.221 e. The molecule has 3 heterocycles. The standard InChI is InChI=1S/C70H52N4/c1-3-18-48-45(16-1)43-34-37-70-56-26-10-8-22-51(56)49-19-4-5-21-52(49)57(70)35-36-68-40-44(41-69(39-43,66(68)70)55-25-9-7-20-50(48)55)46-17-2-6-23-53(46)64-47(24-15-27-58(64)68)42-32-33-61-54(38-42)65-71-59-28-11-14-31-63(59)74(65)67-72-60-29-12-13-30-62(60)73(61)67/h1-33,38,43-44,57,66H,34-37,39-41H2. The van der Waals surface area contributed by atoms with E-state index in [1.165, 1.54) is 75.8 Å². The number of benzene rings is 9. The zero-order chi connectivity index (χ0) is 48.1. The Morgan fingerprint density at radius 2 is 0.986 bits per heavy atom. The van der Waals surface area contributed by atoms with Gasteiger partial charge in [0.25, 0.3) is 0 Å². The largest absolute Gasteiger partial charge is 0.277 e. The van der Waals surface area contributed by atoms with Crippen molar-refractivity contribution in [2.45, 2.75) is 78.9 Å². The molecule has 9 aromatic carbocycles. The molecule has 4 bridgehead atoms. The molecule has 352 valence electrons. The topological polar surface area (TPSA) is 34.6 Å². The van der Waals surface area contributed by atoms with Crippen LogP contribution in [-0.4, -0.2) is 18.8 Å². The van der Waals surface area contributed by atoms with Crippen molar-refractivity contribution in [3.8, 4) is 44.5 Å². The molecule has 3 fully saturated rings. The summed E-state index contributed by atoms with van der Waals surface area (Å²) in [4.78, 5) is 10.7. The number of hydrogen-bond acceptors (Lipinski definition) is 2. The third-order valence-corrected chi connectivity index (χ3v) is 20.4. The summed E-state index contributed by atoms with van der Waals surface area (Å²) in [5.41, 5.74) is 26.6. The van der Waals surface area contributed by atoms with Crippen molar-refractivity contribution < 1.29 is 0 Å². The molecule has 0 radical (unpaired) electrons. The van der Waals surface area contributed by atoms with Crippen molar-refractivity contribution >= 4 is 44.4 Å². The van der Waals surface area contributed by atoms with Crippen molar-refractivity contribution in [2.24, 2.45) is 5.92 Å². The number of nitrogens with zero attached hydrogens (tertiary/aromatic N) is 4. The summed E-state index contributed by atoms with van der Waals surface area (Å²) < 4.78 is 4.65. The maximum atomic E-state index is 5.43. The van der Waals surface area contributed by atoms with Gasteiger partial charge in [-0.1, -0.05) is 170 Å². The third-order valence-electron chi connectivity index (χ3n) is 20.4. The summed E-state index contributed by atoms with van der Waals surface area (Å²) in [6.45, 7) is 0. The monoisotopic (exact) mass is 948 g/mol. The molecule has 0 aliphatic heterocycles. The zero-order valence-electron chi connectivity index (χ0n) is 41.2. The molecule has 6 aliphatic rings. The van der Waals surface area contributed by atoms with E-state index < -0.39 is 0 Å². The molecule has 3 aromatic heterocycles. The normalized spacial score (nSPS) is 25.6. The first-order chi connectivity index (χ1) is 36.6. The van der Waals surface area contributed by atoms with Crippen molar-refractivity contribution in [1.29, 1.82) is 0 Å². The molecule has 0 amide bonds. The van der Waals surface area contributed by atoms with Gasteiger partial charge in [-0.2, -0.15) is 0 Å². The van der Waals surface area contributed by atoms with Gasteiger partial charge in [-0.25, -0.2) is 9.97 Å². The first kappa shape index (κ1) is 40.4. The maximum absolute atomic E-state index is 5.43. The molecule has 18 rings (SSSR count). The summed E-state index contributed by atoms with van der Waals surface area (Å²) >= 11 is 0. The van der Waals surface area contributed by atoms with Gasteiger partial charge >= 0.3 is 0 Å². The van der Waals surface area contributed by atoms with Gasteiger partial charge in [-0.3, -0.25) is 8.80 Å². The predicted octanol–water partition coefficient (Wildman–Crippen LogP) is 16.9. The summed E-state index contributed by atoms with van der Waals surface area (Å²) in [6.07, 6.45) is 8.19. The Morgan fingerprint density at radius 1 is 0.405 bits per heavy atom. The minimum absolute atomic E-state index is 0.0949. The zero-order valence-corrected chi connectivity index (χ0v) is 41.2. The number of hydrogen-bond donors (Lipinski definition) is 0. The van der Waals surface area contributed by atoms with Crippen molar-refractivity contribution in [3.05, 3.63) is 240 Å². The minimum atomic E-state index is -0.130. The first-order valence-electron chi connectivity index (χ1n) is 27.3. The van der Waals surface area contributed by atoms with Crippen LogP contribution in [0.5, 0.6) is 0 Å². The molecular formula is C70H52N4. The molecule has 0 saturated heterocycles. The molecule has 7 atom stereocenters. The van der Waals surface area contributed by atoms with Gasteiger partial charge in [0, 0.05) is 21.6 Å². The fourth-order valence-electron chi connectivity index (χ4n) is 18.3.